The second-order valence-electron chi connectivity index (χ2n) is 9.26. The number of methoxy groups -OCH3 is 1. The molecule has 1 atom stereocenters. The van der Waals surface area contributed by atoms with Crippen LogP contribution in [-0.4, -0.2) is 55.9 Å². The number of nitrogens with zero attached hydrogens (tertiary/aromatic N) is 1. The van der Waals surface area contributed by atoms with Crippen molar-refractivity contribution in [3.63, 3.8) is 0 Å². The summed E-state index contributed by atoms with van der Waals surface area (Å²) in [5.74, 6) is -0.706. The van der Waals surface area contributed by atoms with E-state index in [9.17, 15) is 23.1 Å². The molecule has 1 amide bonds. The molecule has 206 valence electrons. The van der Waals surface area contributed by atoms with Crippen LogP contribution in [0.3, 0.4) is 0 Å². The molecule has 9 heteroatoms. The lowest BCUT2D eigenvalue weighted by Gasteiger charge is -2.22. The maximum absolute atomic E-state index is 13.2. The van der Waals surface area contributed by atoms with E-state index in [-0.39, 0.29) is 17.2 Å². The van der Waals surface area contributed by atoms with Gasteiger partial charge in [0.25, 0.3) is 0 Å². The standard InChI is InChI=1S/C27H46N2O6S/c1-4-6-8-9-10-11-12-16-26(30)28-25(27(31)32)15-13-14-22-29(21-7-5-2)36(33,34)24-19-17-23(35-3)18-20-24/h17-20,25H,4-16,21-22H2,1-3H3,(H,28,30)(H,31,32). The fourth-order valence-electron chi connectivity index (χ4n) is 3.99. The van der Waals surface area contributed by atoms with Crippen LogP contribution in [0, 0.1) is 0 Å². The zero-order valence-electron chi connectivity index (χ0n) is 22.3. The Morgan fingerprint density at radius 3 is 2.06 bits per heavy atom. The van der Waals surface area contributed by atoms with Gasteiger partial charge in [-0.3, -0.25) is 4.79 Å². The number of carbonyl (C=O) groups excluding carboxylic acids is 1. The van der Waals surface area contributed by atoms with E-state index in [0.29, 0.717) is 38.1 Å². The third kappa shape index (κ3) is 12.2. The minimum absolute atomic E-state index is 0.209. The van der Waals surface area contributed by atoms with Crippen LogP contribution in [0.4, 0.5) is 0 Å². The lowest BCUT2D eigenvalue weighted by molar-refractivity contribution is -0.142. The molecule has 0 bridgehead atoms. The van der Waals surface area contributed by atoms with Crippen molar-refractivity contribution in [1.82, 2.24) is 9.62 Å². The van der Waals surface area contributed by atoms with E-state index in [1.807, 2.05) is 6.92 Å². The van der Waals surface area contributed by atoms with Crippen LogP contribution in [-0.2, 0) is 19.6 Å². The lowest BCUT2D eigenvalue weighted by Crippen LogP contribution is -2.40. The van der Waals surface area contributed by atoms with Gasteiger partial charge in [-0.15, -0.1) is 0 Å². The minimum atomic E-state index is -3.66. The molecule has 0 fully saturated rings. The molecular weight excluding hydrogens is 480 g/mol. The number of rotatable bonds is 21. The first-order chi connectivity index (χ1) is 17.3. The molecule has 1 aromatic carbocycles. The highest BCUT2D eigenvalue weighted by molar-refractivity contribution is 7.89. The van der Waals surface area contributed by atoms with Crippen molar-refractivity contribution in [2.24, 2.45) is 0 Å². The molecule has 2 N–H and O–H groups in total. The van der Waals surface area contributed by atoms with Crippen molar-refractivity contribution in [2.45, 2.75) is 108 Å². The van der Waals surface area contributed by atoms with Gasteiger partial charge in [0.05, 0.1) is 12.0 Å². The molecule has 0 aliphatic rings. The Bertz CT molecular complexity index is 858. The fraction of sp³-hybridized carbons (Fsp3) is 0.704. The normalized spacial score (nSPS) is 12.4. The third-order valence-corrected chi connectivity index (χ3v) is 8.16. The van der Waals surface area contributed by atoms with Crippen LogP contribution in [0.25, 0.3) is 0 Å². The van der Waals surface area contributed by atoms with Gasteiger partial charge in [0.1, 0.15) is 11.8 Å². The van der Waals surface area contributed by atoms with E-state index >= 15 is 0 Å². The SMILES string of the molecule is CCCCCCCCCC(=O)NC(CCCCN(CCCC)S(=O)(=O)c1ccc(OC)cc1)C(=O)O. The van der Waals surface area contributed by atoms with E-state index in [1.54, 1.807) is 12.1 Å². The molecule has 0 aromatic heterocycles. The van der Waals surface area contributed by atoms with E-state index < -0.39 is 22.0 Å². The average molecular weight is 527 g/mol. The Balaban J connectivity index is 2.53. The van der Waals surface area contributed by atoms with Crippen LogP contribution in [0.15, 0.2) is 29.2 Å². The molecule has 1 unspecified atom stereocenters. The molecule has 0 heterocycles. The molecule has 0 aliphatic heterocycles. The zero-order valence-corrected chi connectivity index (χ0v) is 23.2. The van der Waals surface area contributed by atoms with Crippen LogP contribution in [0.2, 0.25) is 0 Å². The molecule has 1 rings (SSSR count). The monoisotopic (exact) mass is 526 g/mol. The summed E-state index contributed by atoms with van der Waals surface area (Å²) in [4.78, 5) is 24.1. The number of hydrogen-bond donors (Lipinski definition) is 2. The average Bonchev–Trinajstić information content (AvgIpc) is 2.86. The number of sulfonamides is 1. The summed E-state index contributed by atoms with van der Waals surface area (Å²) in [6.07, 6.45) is 10.9. The van der Waals surface area contributed by atoms with E-state index in [2.05, 4.69) is 12.2 Å². The van der Waals surface area contributed by atoms with Gasteiger partial charge in [0.15, 0.2) is 0 Å². The number of carboxylic acids is 1. The summed E-state index contributed by atoms with van der Waals surface area (Å²) >= 11 is 0. The lowest BCUT2D eigenvalue weighted by atomic mass is 10.1. The maximum Gasteiger partial charge on any atom is 0.326 e. The third-order valence-electron chi connectivity index (χ3n) is 6.25. The summed E-state index contributed by atoms with van der Waals surface area (Å²) in [6, 6.07) is 5.36. The van der Waals surface area contributed by atoms with Gasteiger partial charge in [0.2, 0.25) is 15.9 Å². The van der Waals surface area contributed by atoms with Crippen LogP contribution in [0.1, 0.15) is 97.3 Å². The molecule has 1 aromatic rings. The molecule has 0 spiro atoms. The topological polar surface area (TPSA) is 113 Å². The number of ether oxygens (including phenoxy) is 1. The number of unbranched alkanes of at least 4 members (excludes halogenated alkanes) is 8. The van der Waals surface area contributed by atoms with E-state index in [1.165, 1.54) is 49.2 Å². The second-order valence-corrected chi connectivity index (χ2v) is 11.2. The first-order valence-electron chi connectivity index (χ1n) is 13.4. The molecule has 0 saturated heterocycles. The van der Waals surface area contributed by atoms with E-state index in [4.69, 9.17) is 4.74 Å². The minimum Gasteiger partial charge on any atom is -0.497 e. The predicted molar refractivity (Wildman–Crippen MR) is 143 cm³/mol. The van der Waals surface area contributed by atoms with Gasteiger partial charge in [-0.1, -0.05) is 58.8 Å². The highest BCUT2D eigenvalue weighted by atomic mass is 32.2. The van der Waals surface area contributed by atoms with Gasteiger partial charge < -0.3 is 15.2 Å². The first-order valence-corrected chi connectivity index (χ1v) is 14.9. The zero-order chi connectivity index (χ0) is 26.8. The van der Waals surface area contributed by atoms with Gasteiger partial charge in [-0.2, -0.15) is 4.31 Å². The Hall–Kier alpha value is -2.13. The summed E-state index contributed by atoms with van der Waals surface area (Å²) in [6.45, 7) is 4.88. The molecule has 36 heavy (non-hydrogen) atoms. The Labute approximate surface area is 217 Å². The Morgan fingerprint density at radius 2 is 1.47 bits per heavy atom. The summed E-state index contributed by atoms with van der Waals surface area (Å²) < 4.78 is 32.9. The first kappa shape index (κ1) is 31.9. The highest BCUT2D eigenvalue weighted by Gasteiger charge is 2.24. The van der Waals surface area contributed by atoms with Crippen LogP contribution in [0.5, 0.6) is 5.75 Å². The number of benzene rings is 1. The number of aliphatic carboxylic acids is 1. The van der Waals surface area contributed by atoms with E-state index in [0.717, 1.165) is 32.1 Å². The molecule has 8 nitrogen and oxygen atoms in total. The summed E-state index contributed by atoms with van der Waals surface area (Å²) in [7, 11) is -2.14. The van der Waals surface area contributed by atoms with Gasteiger partial charge in [-0.05, 0) is 56.4 Å². The Morgan fingerprint density at radius 1 is 0.889 bits per heavy atom. The van der Waals surface area contributed by atoms with Crippen molar-refractivity contribution in [2.75, 3.05) is 20.2 Å². The second kappa shape index (κ2) is 18.2. The van der Waals surface area contributed by atoms with Gasteiger partial charge in [-0.25, -0.2) is 13.2 Å². The number of nitrogens with one attached hydrogen (secondary N) is 1. The molecular formula is C27H46N2O6S. The summed E-state index contributed by atoms with van der Waals surface area (Å²) in [5.41, 5.74) is 0. The van der Waals surface area contributed by atoms with Crippen molar-refractivity contribution in [3.05, 3.63) is 24.3 Å². The number of carboxylic acid groups (broad SMARTS) is 1. The van der Waals surface area contributed by atoms with Crippen molar-refractivity contribution in [3.8, 4) is 5.75 Å². The molecule has 0 aliphatic carbocycles. The van der Waals surface area contributed by atoms with Crippen LogP contribution < -0.4 is 10.1 Å². The summed E-state index contributed by atoms with van der Waals surface area (Å²) in [5, 5.41) is 12.2. The Kier molecular flexibility index (Phi) is 16.1. The quantitative estimate of drug-likeness (QED) is 0.208. The van der Waals surface area contributed by atoms with Gasteiger partial charge >= 0.3 is 5.97 Å². The fourth-order valence-corrected chi connectivity index (χ4v) is 5.50. The molecule has 0 saturated carbocycles. The number of amides is 1. The predicted octanol–water partition coefficient (Wildman–Crippen LogP) is 5.37. The maximum atomic E-state index is 13.2. The number of hydrogen-bond acceptors (Lipinski definition) is 5. The van der Waals surface area contributed by atoms with Crippen LogP contribution >= 0.6 is 0 Å². The van der Waals surface area contributed by atoms with Crippen molar-refractivity contribution >= 4 is 21.9 Å². The van der Waals surface area contributed by atoms with Crippen molar-refractivity contribution in [1.29, 1.82) is 0 Å². The molecule has 0 radical (unpaired) electrons. The van der Waals surface area contributed by atoms with Crippen molar-refractivity contribution < 1.29 is 27.9 Å². The smallest absolute Gasteiger partial charge is 0.326 e. The number of carbonyl (C=O) groups is 2. The largest absolute Gasteiger partial charge is 0.497 e. The highest BCUT2D eigenvalue weighted by Crippen LogP contribution is 2.21. The van der Waals surface area contributed by atoms with Gasteiger partial charge in [0, 0.05) is 19.5 Å².